The van der Waals surface area contributed by atoms with E-state index in [4.69, 9.17) is 13.7 Å². The van der Waals surface area contributed by atoms with Gasteiger partial charge in [-0.1, -0.05) is 12.1 Å². The summed E-state index contributed by atoms with van der Waals surface area (Å²) in [6.45, 7) is 7.96. The van der Waals surface area contributed by atoms with Gasteiger partial charge >= 0.3 is 6.09 Å². The summed E-state index contributed by atoms with van der Waals surface area (Å²) in [5.41, 5.74) is -0.513. The molecule has 0 N–H and O–H groups in total. The Labute approximate surface area is 147 Å². The largest absolute Gasteiger partial charge is 0.469 e. The van der Waals surface area contributed by atoms with Crippen LogP contribution >= 0.6 is 0 Å². The molecule has 1 aliphatic carbocycles. The lowest BCUT2D eigenvalue weighted by Crippen LogP contribution is -2.36. The van der Waals surface area contributed by atoms with Crippen molar-refractivity contribution < 1.29 is 18.5 Å². The molecule has 2 aromatic rings. The quantitative estimate of drug-likeness (QED) is 0.816. The first kappa shape index (κ1) is 17.5. The number of likely N-dealkylation sites (N-methyl/N-ethyl adjacent to an activating group) is 1. The van der Waals surface area contributed by atoms with E-state index in [1.165, 1.54) is 4.90 Å². The zero-order valence-electron chi connectivity index (χ0n) is 15.4. The lowest BCUT2D eigenvalue weighted by molar-refractivity contribution is 0.0289. The first-order chi connectivity index (χ1) is 11.7. The number of ether oxygens (including phenoxy) is 1. The predicted octanol–water partition coefficient (Wildman–Crippen LogP) is 3.90. The van der Waals surface area contributed by atoms with Crippen molar-refractivity contribution in [2.45, 2.75) is 57.5 Å². The fourth-order valence-electron chi connectivity index (χ4n) is 2.79. The molecule has 3 rings (SSSR count). The second kappa shape index (κ2) is 6.54. The maximum Gasteiger partial charge on any atom is 0.410 e. The summed E-state index contributed by atoms with van der Waals surface area (Å²) in [4.78, 5) is 18.1. The van der Waals surface area contributed by atoms with Crippen molar-refractivity contribution in [1.82, 2.24) is 15.0 Å². The highest BCUT2D eigenvalue weighted by Crippen LogP contribution is 2.54. The minimum absolute atomic E-state index is 0.0455. The van der Waals surface area contributed by atoms with E-state index in [2.05, 4.69) is 10.1 Å². The van der Waals surface area contributed by atoms with Crippen LogP contribution in [-0.4, -0.2) is 40.3 Å². The molecule has 1 amide bonds. The maximum absolute atomic E-state index is 12.1. The number of nitrogens with zero attached hydrogens (tertiary/aromatic N) is 3. The molecule has 0 aromatic carbocycles. The minimum atomic E-state index is -0.513. The maximum atomic E-state index is 12.1. The summed E-state index contributed by atoms with van der Waals surface area (Å²) < 4.78 is 16.2. The summed E-state index contributed by atoms with van der Waals surface area (Å²) in [6.07, 6.45) is 2.28. The monoisotopic (exact) mass is 347 g/mol. The van der Waals surface area contributed by atoms with E-state index in [-0.39, 0.29) is 17.9 Å². The average Bonchev–Trinajstić information content (AvgIpc) is 2.96. The van der Waals surface area contributed by atoms with E-state index >= 15 is 0 Å². The van der Waals surface area contributed by atoms with Crippen LogP contribution in [0.25, 0.3) is 0 Å². The lowest BCUT2D eigenvalue weighted by atomic mass is 10.1. The highest BCUT2D eigenvalue weighted by Gasteiger charge is 2.45. The normalized spacial score (nSPS) is 21.0. The van der Waals surface area contributed by atoms with Gasteiger partial charge in [0.1, 0.15) is 11.4 Å². The van der Waals surface area contributed by atoms with Crippen molar-refractivity contribution in [1.29, 1.82) is 0 Å². The van der Waals surface area contributed by atoms with E-state index < -0.39 is 5.60 Å². The van der Waals surface area contributed by atoms with Crippen molar-refractivity contribution in [3.63, 3.8) is 0 Å². The Morgan fingerprint density at radius 1 is 1.44 bits per heavy atom. The molecule has 7 heteroatoms. The third-order valence-electron chi connectivity index (χ3n) is 4.17. The number of amides is 1. The molecule has 0 unspecified atom stereocenters. The summed E-state index contributed by atoms with van der Waals surface area (Å²) in [5, 5.41) is 4.08. The van der Waals surface area contributed by atoms with Crippen LogP contribution in [0.1, 0.15) is 69.3 Å². The first-order valence-corrected chi connectivity index (χ1v) is 8.55. The van der Waals surface area contributed by atoms with Crippen LogP contribution in [0, 0.1) is 0 Å². The van der Waals surface area contributed by atoms with Gasteiger partial charge < -0.3 is 18.6 Å². The van der Waals surface area contributed by atoms with Crippen molar-refractivity contribution in [3.8, 4) is 0 Å². The molecule has 1 saturated carbocycles. The number of carbonyl (C=O) groups is 1. The highest BCUT2D eigenvalue weighted by molar-refractivity contribution is 5.67. The molecule has 0 radical (unpaired) electrons. The molecule has 25 heavy (non-hydrogen) atoms. The van der Waals surface area contributed by atoms with Gasteiger partial charge in [0.05, 0.1) is 6.26 Å². The van der Waals surface area contributed by atoms with Gasteiger partial charge in [-0.05, 0) is 39.3 Å². The van der Waals surface area contributed by atoms with Crippen LogP contribution in [0.3, 0.4) is 0 Å². The van der Waals surface area contributed by atoms with Crippen LogP contribution in [0.15, 0.2) is 27.3 Å². The van der Waals surface area contributed by atoms with Crippen molar-refractivity contribution >= 4 is 6.09 Å². The number of hydrogen-bond donors (Lipinski definition) is 0. The second-order valence-electron chi connectivity index (χ2n) is 7.72. The Kier molecular flexibility index (Phi) is 4.58. The Hall–Kier alpha value is -2.31. The van der Waals surface area contributed by atoms with Crippen molar-refractivity contribution in [3.05, 3.63) is 35.9 Å². The van der Waals surface area contributed by atoms with Gasteiger partial charge in [0.2, 0.25) is 5.89 Å². The lowest BCUT2D eigenvalue weighted by Gasteiger charge is -2.25. The zero-order chi connectivity index (χ0) is 18.2. The van der Waals surface area contributed by atoms with Crippen LogP contribution in [0.4, 0.5) is 4.79 Å². The van der Waals surface area contributed by atoms with E-state index in [1.807, 2.05) is 39.8 Å². The van der Waals surface area contributed by atoms with Gasteiger partial charge in [-0.25, -0.2) is 4.79 Å². The fourth-order valence-corrected chi connectivity index (χ4v) is 2.79. The highest BCUT2D eigenvalue weighted by atomic mass is 16.6. The number of aromatic nitrogens is 2. The zero-order valence-corrected chi connectivity index (χ0v) is 15.4. The Bertz CT molecular complexity index is 717. The fraction of sp³-hybridized carbons (Fsp3) is 0.611. The predicted molar refractivity (Wildman–Crippen MR) is 90.4 cm³/mol. The molecule has 0 aliphatic heterocycles. The van der Waals surface area contributed by atoms with Crippen LogP contribution in [-0.2, 0) is 4.74 Å². The SMILES string of the molecule is C[C@@H](CN(C)C(=O)OC(C)(C)C)c1noc([C@@H]2C[C@@H]2c2ccco2)n1. The molecule has 0 saturated heterocycles. The van der Waals surface area contributed by atoms with Gasteiger partial charge in [0.25, 0.3) is 0 Å². The molecule has 2 aromatic heterocycles. The van der Waals surface area contributed by atoms with Crippen LogP contribution in [0.5, 0.6) is 0 Å². The molecule has 3 atom stereocenters. The Balaban J connectivity index is 1.56. The van der Waals surface area contributed by atoms with Crippen LogP contribution < -0.4 is 0 Å². The number of carbonyl (C=O) groups excluding carboxylic acids is 1. The third-order valence-corrected chi connectivity index (χ3v) is 4.17. The average molecular weight is 347 g/mol. The summed E-state index contributed by atoms with van der Waals surface area (Å²) in [6, 6.07) is 3.86. The van der Waals surface area contributed by atoms with Crippen molar-refractivity contribution in [2.75, 3.05) is 13.6 Å². The molecule has 0 bridgehead atoms. The molecule has 0 spiro atoms. The minimum Gasteiger partial charge on any atom is -0.469 e. The third kappa shape index (κ3) is 4.21. The summed E-state index contributed by atoms with van der Waals surface area (Å²) in [5.74, 6) is 2.71. The van der Waals surface area contributed by atoms with E-state index in [0.717, 1.165) is 12.2 Å². The topological polar surface area (TPSA) is 81.6 Å². The molecule has 136 valence electrons. The second-order valence-corrected chi connectivity index (χ2v) is 7.72. The van der Waals surface area contributed by atoms with E-state index in [9.17, 15) is 4.79 Å². The van der Waals surface area contributed by atoms with Crippen LogP contribution in [0.2, 0.25) is 0 Å². The Morgan fingerprint density at radius 3 is 2.84 bits per heavy atom. The van der Waals surface area contributed by atoms with Gasteiger partial charge in [0.15, 0.2) is 5.82 Å². The van der Waals surface area contributed by atoms with Gasteiger partial charge in [-0.3, -0.25) is 0 Å². The van der Waals surface area contributed by atoms with Crippen molar-refractivity contribution in [2.24, 2.45) is 0 Å². The summed E-state index contributed by atoms with van der Waals surface area (Å²) >= 11 is 0. The molecular formula is C18H25N3O4. The summed E-state index contributed by atoms with van der Waals surface area (Å²) in [7, 11) is 1.71. The number of hydrogen-bond acceptors (Lipinski definition) is 6. The van der Waals surface area contributed by atoms with Gasteiger partial charge in [-0.15, -0.1) is 0 Å². The smallest absolute Gasteiger partial charge is 0.410 e. The standard InChI is InChI=1S/C18H25N3O4/c1-11(10-21(5)17(22)24-18(2,3)4)15-19-16(25-20-15)13-9-12(13)14-7-6-8-23-14/h6-8,11-13H,9-10H2,1-5H3/t11-,12-,13+/m0/s1. The Morgan fingerprint density at radius 2 is 2.20 bits per heavy atom. The van der Waals surface area contributed by atoms with E-state index in [0.29, 0.717) is 24.2 Å². The molecule has 7 nitrogen and oxygen atoms in total. The van der Waals surface area contributed by atoms with Gasteiger partial charge in [0, 0.05) is 31.3 Å². The number of rotatable bonds is 5. The first-order valence-electron chi connectivity index (χ1n) is 8.55. The molecule has 1 aliphatic rings. The molecular weight excluding hydrogens is 322 g/mol. The van der Waals surface area contributed by atoms with E-state index in [1.54, 1.807) is 13.3 Å². The molecule has 1 fully saturated rings. The van der Waals surface area contributed by atoms with Gasteiger partial charge in [-0.2, -0.15) is 4.98 Å². The number of furan rings is 1. The molecule has 2 heterocycles.